The molecule has 1 amide bonds. The van der Waals surface area contributed by atoms with Crippen molar-refractivity contribution in [3.8, 4) is 0 Å². The fourth-order valence-corrected chi connectivity index (χ4v) is 3.32. The number of sulfonamides is 1. The molecule has 1 aliphatic carbocycles. The van der Waals surface area contributed by atoms with Gasteiger partial charge in [0.25, 0.3) is 0 Å². The van der Waals surface area contributed by atoms with Crippen molar-refractivity contribution in [2.75, 3.05) is 19.4 Å². The summed E-state index contributed by atoms with van der Waals surface area (Å²) in [4.78, 5) is 12.3. The average molecular weight is 311 g/mol. The molecule has 0 spiro atoms. The number of nitrogens with two attached hydrogens (primary N) is 1. The van der Waals surface area contributed by atoms with Gasteiger partial charge in [-0.3, -0.25) is 4.79 Å². The van der Waals surface area contributed by atoms with E-state index in [0.29, 0.717) is 12.1 Å². The van der Waals surface area contributed by atoms with Crippen LogP contribution in [0.5, 0.6) is 0 Å². The van der Waals surface area contributed by atoms with E-state index < -0.39 is 10.0 Å². The van der Waals surface area contributed by atoms with E-state index in [2.05, 4.69) is 5.32 Å². The summed E-state index contributed by atoms with van der Waals surface area (Å²) in [5.41, 5.74) is 6.40. The molecule has 0 radical (unpaired) electrons. The number of hydrogen-bond acceptors (Lipinski definition) is 4. The van der Waals surface area contributed by atoms with Gasteiger partial charge in [-0.05, 0) is 43.5 Å². The zero-order valence-corrected chi connectivity index (χ0v) is 13.1. The second-order valence-electron chi connectivity index (χ2n) is 5.57. The molecule has 1 aromatic carbocycles. The molecule has 0 bridgehead atoms. The lowest BCUT2D eigenvalue weighted by Crippen LogP contribution is -2.23. The van der Waals surface area contributed by atoms with Crippen LogP contribution in [0.4, 0.5) is 5.69 Å². The van der Waals surface area contributed by atoms with Crippen molar-refractivity contribution < 1.29 is 13.2 Å². The van der Waals surface area contributed by atoms with E-state index in [0.717, 1.165) is 17.1 Å². The minimum absolute atomic E-state index is 0.0498. The van der Waals surface area contributed by atoms with Gasteiger partial charge in [0.1, 0.15) is 0 Å². The monoisotopic (exact) mass is 311 g/mol. The fourth-order valence-electron chi connectivity index (χ4n) is 2.42. The molecule has 116 valence electrons. The molecule has 0 heterocycles. The summed E-state index contributed by atoms with van der Waals surface area (Å²) >= 11 is 0. The summed E-state index contributed by atoms with van der Waals surface area (Å²) in [5, 5.41) is 2.81. The molecule has 1 aliphatic rings. The minimum Gasteiger partial charge on any atom is -0.328 e. The maximum atomic E-state index is 12.1. The number of amides is 1. The topological polar surface area (TPSA) is 92.5 Å². The van der Waals surface area contributed by atoms with Crippen LogP contribution in [-0.2, 0) is 14.8 Å². The van der Waals surface area contributed by atoms with Crippen molar-refractivity contribution in [1.29, 1.82) is 0 Å². The molecule has 7 heteroatoms. The molecule has 1 aromatic rings. The van der Waals surface area contributed by atoms with Crippen molar-refractivity contribution in [3.05, 3.63) is 24.3 Å². The van der Waals surface area contributed by atoms with Gasteiger partial charge in [-0.2, -0.15) is 0 Å². The van der Waals surface area contributed by atoms with Gasteiger partial charge in [0, 0.05) is 31.7 Å². The maximum absolute atomic E-state index is 12.1. The molecule has 0 aliphatic heterocycles. The van der Waals surface area contributed by atoms with Gasteiger partial charge >= 0.3 is 0 Å². The van der Waals surface area contributed by atoms with E-state index in [4.69, 9.17) is 5.73 Å². The molecule has 1 fully saturated rings. The van der Waals surface area contributed by atoms with Gasteiger partial charge in [0.15, 0.2) is 0 Å². The second kappa shape index (κ2) is 6.13. The van der Waals surface area contributed by atoms with Gasteiger partial charge in [0.2, 0.25) is 15.9 Å². The normalized spacial score (nSPS) is 22.5. The van der Waals surface area contributed by atoms with E-state index in [1.807, 2.05) is 0 Å². The molecule has 0 aromatic heterocycles. The Balaban J connectivity index is 2.05. The Morgan fingerprint density at radius 3 is 2.33 bits per heavy atom. The molecular weight excluding hydrogens is 290 g/mol. The summed E-state index contributed by atoms with van der Waals surface area (Å²) in [6.07, 6.45) is 2.39. The molecule has 21 heavy (non-hydrogen) atoms. The SMILES string of the molecule is CN(C)S(=O)(=O)c1ccc(NC(=O)C2CCC(N)C2)cc1. The zero-order valence-electron chi connectivity index (χ0n) is 12.2. The number of carbonyl (C=O) groups excluding carboxylic acids is 1. The van der Waals surface area contributed by atoms with E-state index in [-0.39, 0.29) is 22.8 Å². The van der Waals surface area contributed by atoms with Gasteiger partial charge in [-0.25, -0.2) is 12.7 Å². The first-order chi connectivity index (χ1) is 9.80. The standard InChI is InChI=1S/C14H21N3O3S/c1-17(2)21(19,20)13-7-5-12(6-8-13)16-14(18)10-3-4-11(15)9-10/h5-8,10-11H,3-4,9,15H2,1-2H3,(H,16,18). The molecule has 6 nitrogen and oxygen atoms in total. The molecular formula is C14H21N3O3S. The fraction of sp³-hybridized carbons (Fsp3) is 0.500. The van der Waals surface area contributed by atoms with Crippen molar-refractivity contribution in [2.45, 2.75) is 30.2 Å². The number of carbonyl (C=O) groups is 1. The average Bonchev–Trinajstić information content (AvgIpc) is 2.86. The van der Waals surface area contributed by atoms with Crippen LogP contribution >= 0.6 is 0 Å². The van der Waals surface area contributed by atoms with Crippen LogP contribution in [0.15, 0.2) is 29.2 Å². The number of benzene rings is 1. The highest BCUT2D eigenvalue weighted by molar-refractivity contribution is 7.89. The van der Waals surface area contributed by atoms with Crippen molar-refractivity contribution >= 4 is 21.6 Å². The number of anilines is 1. The number of nitrogens with zero attached hydrogens (tertiary/aromatic N) is 1. The smallest absolute Gasteiger partial charge is 0.242 e. The van der Waals surface area contributed by atoms with Crippen LogP contribution in [0.2, 0.25) is 0 Å². The number of rotatable bonds is 4. The Hall–Kier alpha value is -1.44. The van der Waals surface area contributed by atoms with E-state index in [1.165, 1.54) is 26.2 Å². The lowest BCUT2D eigenvalue weighted by Gasteiger charge is -2.13. The summed E-state index contributed by atoms with van der Waals surface area (Å²) in [5.74, 6) is -0.101. The van der Waals surface area contributed by atoms with Gasteiger partial charge < -0.3 is 11.1 Å². The Labute approximate surface area is 125 Å². The van der Waals surface area contributed by atoms with E-state index in [9.17, 15) is 13.2 Å². The number of hydrogen-bond donors (Lipinski definition) is 2. The summed E-state index contributed by atoms with van der Waals surface area (Å²) in [6.45, 7) is 0. The zero-order chi connectivity index (χ0) is 15.6. The first kappa shape index (κ1) is 15.9. The van der Waals surface area contributed by atoms with Crippen molar-refractivity contribution in [1.82, 2.24) is 4.31 Å². The molecule has 2 rings (SSSR count). The van der Waals surface area contributed by atoms with Crippen LogP contribution in [0, 0.1) is 5.92 Å². The van der Waals surface area contributed by atoms with Gasteiger partial charge in [-0.1, -0.05) is 0 Å². The molecule has 0 saturated heterocycles. The lowest BCUT2D eigenvalue weighted by molar-refractivity contribution is -0.119. The molecule has 1 saturated carbocycles. The predicted octanol–water partition coefficient (Wildman–Crippen LogP) is 1.00. The first-order valence-electron chi connectivity index (χ1n) is 6.89. The first-order valence-corrected chi connectivity index (χ1v) is 8.34. The van der Waals surface area contributed by atoms with Crippen LogP contribution in [0.25, 0.3) is 0 Å². The minimum atomic E-state index is -3.44. The Kier molecular flexibility index (Phi) is 4.65. The largest absolute Gasteiger partial charge is 0.328 e. The van der Waals surface area contributed by atoms with Crippen LogP contribution < -0.4 is 11.1 Å². The van der Waals surface area contributed by atoms with E-state index >= 15 is 0 Å². The van der Waals surface area contributed by atoms with Crippen LogP contribution in [0.1, 0.15) is 19.3 Å². The highest BCUT2D eigenvalue weighted by Crippen LogP contribution is 2.25. The van der Waals surface area contributed by atoms with Crippen LogP contribution in [0.3, 0.4) is 0 Å². The lowest BCUT2D eigenvalue weighted by atomic mass is 10.1. The van der Waals surface area contributed by atoms with Gasteiger partial charge in [0.05, 0.1) is 4.90 Å². The highest BCUT2D eigenvalue weighted by atomic mass is 32.2. The third kappa shape index (κ3) is 3.61. The van der Waals surface area contributed by atoms with Crippen LogP contribution in [-0.4, -0.2) is 38.8 Å². The molecule has 2 atom stereocenters. The van der Waals surface area contributed by atoms with Gasteiger partial charge in [-0.15, -0.1) is 0 Å². The number of nitrogens with one attached hydrogen (secondary N) is 1. The molecule has 2 unspecified atom stereocenters. The predicted molar refractivity (Wildman–Crippen MR) is 81.3 cm³/mol. The van der Waals surface area contributed by atoms with E-state index in [1.54, 1.807) is 12.1 Å². The second-order valence-corrected chi connectivity index (χ2v) is 7.72. The van der Waals surface area contributed by atoms with Crippen molar-refractivity contribution in [2.24, 2.45) is 11.7 Å². The quantitative estimate of drug-likeness (QED) is 0.867. The third-order valence-corrected chi connectivity index (χ3v) is 5.57. The highest BCUT2D eigenvalue weighted by Gasteiger charge is 2.27. The Morgan fingerprint density at radius 2 is 1.86 bits per heavy atom. The summed E-state index contributed by atoms with van der Waals surface area (Å²) < 4.78 is 25.0. The third-order valence-electron chi connectivity index (χ3n) is 3.74. The summed E-state index contributed by atoms with van der Waals surface area (Å²) in [6, 6.07) is 6.29. The Morgan fingerprint density at radius 1 is 1.24 bits per heavy atom. The summed E-state index contributed by atoms with van der Waals surface area (Å²) in [7, 11) is -0.480. The maximum Gasteiger partial charge on any atom is 0.242 e. The molecule has 3 N–H and O–H groups in total. The Bertz CT molecular complexity index is 611. The van der Waals surface area contributed by atoms with Crippen molar-refractivity contribution in [3.63, 3.8) is 0 Å².